The Hall–Kier alpha value is -2.61. The van der Waals surface area contributed by atoms with E-state index in [-0.39, 0.29) is 0 Å². The molecule has 0 N–H and O–H groups in total. The van der Waals surface area contributed by atoms with E-state index < -0.39 is 0 Å². The van der Waals surface area contributed by atoms with E-state index in [1.165, 1.54) is 22.3 Å². The molecule has 0 fully saturated rings. The Bertz CT molecular complexity index is 1120. The van der Waals surface area contributed by atoms with E-state index in [2.05, 4.69) is 61.5 Å². The predicted octanol–water partition coefficient (Wildman–Crippen LogP) is 7.82. The largest absolute Gasteiger partial charge is 0.256 e. The average Bonchev–Trinajstić information content (AvgIpc) is 2.73. The molecule has 1 nitrogen and oxygen atoms in total. The van der Waals surface area contributed by atoms with Gasteiger partial charge in [-0.2, -0.15) is 0 Å². The van der Waals surface area contributed by atoms with Gasteiger partial charge in [0.1, 0.15) is 0 Å². The van der Waals surface area contributed by atoms with Gasteiger partial charge in [-0.25, -0.2) is 0 Å². The zero-order valence-electron chi connectivity index (χ0n) is 16.2. The molecular weight excluding hydrogens is 397 g/mol. The molecule has 1 aromatic heterocycles. The van der Waals surface area contributed by atoms with E-state index in [0.717, 1.165) is 29.7 Å². The molecule has 1 heterocycles. The number of hydrogen-bond donors (Lipinski definition) is 0. The first-order valence-electron chi connectivity index (χ1n) is 9.65. The van der Waals surface area contributed by atoms with Gasteiger partial charge in [0.25, 0.3) is 0 Å². The van der Waals surface area contributed by atoms with Crippen molar-refractivity contribution >= 4 is 23.2 Å². The normalized spacial score (nSPS) is 10.9. The first-order chi connectivity index (χ1) is 14.1. The van der Waals surface area contributed by atoms with Gasteiger partial charge in [-0.15, -0.1) is 0 Å². The standard InChI is InChI=1S/C26H21Cl2N/c1-18-12-26(22-9-5-8-21(15-22)20-6-3-2-4-7-20)29-17-23(18)11-10-19-13-24(27)16-25(28)14-19/h2-9,12-17H,10-11H2,1H3. The molecule has 0 aliphatic heterocycles. The van der Waals surface area contributed by atoms with Crippen LogP contribution in [0.15, 0.2) is 85.1 Å². The monoisotopic (exact) mass is 417 g/mol. The Morgan fingerprint density at radius 2 is 1.38 bits per heavy atom. The van der Waals surface area contributed by atoms with Crippen LogP contribution in [0.4, 0.5) is 0 Å². The topological polar surface area (TPSA) is 12.9 Å². The SMILES string of the molecule is Cc1cc(-c2cccc(-c3ccccc3)c2)ncc1CCc1cc(Cl)cc(Cl)c1. The molecule has 3 heteroatoms. The summed E-state index contributed by atoms with van der Waals surface area (Å²) in [6.07, 6.45) is 3.78. The maximum Gasteiger partial charge on any atom is 0.0705 e. The van der Waals surface area contributed by atoms with E-state index >= 15 is 0 Å². The summed E-state index contributed by atoms with van der Waals surface area (Å²) in [5.41, 5.74) is 8.16. The third-order valence-electron chi connectivity index (χ3n) is 5.09. The molecule has 0 radical (unpaired) electrons. The van der Waals surface area contributed by atoms with Gasteiger partial charge in [0.2, 0.25) is 0 Å². The number of pyridine rings is 1. The smallest absolute Gasteiger partial charge is 0.0705 e. The number of halogens is 2. The van der Waals surface area contributed by atoms with Crippen LogP contribution >= 0.6 is 23.2 Å². The van der Waals surface area contributed by atoms with Crippen molar-refractivity contribution in [1.82, 2.24) is 4.98 Å². The van der Waals surface area contributed by atoms with Crippen LogP contribution in [0.5, 0.6) is 0 Å². The summed E-state index contributed by atoms with van der Waals surface area (Å²) in [4.78, 5) is 4.74. The molecule has 0 saturated carbocycles. The molecule has 0 saturated heterocycles. The molecule has 0 amide bonds. The Labute approximate surface area is 182 Å². The van der Waals surface area contributed by atoms with Gasteiger partial charge in [-0.1, -0.05) is 71.7 Å². The van der Waals surface area contributed by atoms with Crippen molar-refractivity contribution < 1.29 is 0 Å². The molecule has 4 rings (SSSR count). The zero-order valence-corrected chi connectivity index (χ0v) is 17.7. The lowest BCUT2D eigenvalue weighted by Crippen LogP contribution is -1.97. The van der Waals surface area contributed by atoms with Crippen LogP contribution in [0.3, 0.4) is 0 Å². The van der Waals surface area contributed by atoms with Crippen LogP contribution in [0.25, 0.3) is 22.4 Å². The van der Waals surface area contributed by atoms with Crippen LogP contribution in [-0.2, 0) is 12.8 Å². The third kappa shape index (κ3) is 4.87. The quantitative estimate of drug-likeness (QED) is 0.322. The van der Waals surface area contributed by atoms with E-state index in [9.17, 15) is 0 Å². The second-order valence-corrected chi connectivity index (χ2v) is 8.09. The Morgan fingerprint density at radius 1 is 0.690 bits per heavy atom. The fourth-order valence-electron chi connectivity index (χ4n) is 3.53. The molecule has 0 aliphatic carbocycles. The number of nitrogens with zero attached hydrogens (tertiary/aromatic N) is 1. The maximum atomic E-state index is 6.11. The van der Waals surface area contributed by atoms with Gasteiger partial charge < -0.3 is 0 Å². The molecule has 0 aliphatic rings. The number of aryl methyl sites for hydroxylation is 3. The first kappa shape index (κ1) is 19.7. The van der Waals surface area contributed by atoms with Crippen molar-refractivity contribution in [3.8, 4) is 22.4 Å². The van der Waals surface area contributed by atoms with Crippen molar-refractivity contribution in [2.45, 2.75) is 19.8 Å². The minimum Gasteiger partial charge on any atom is -0.256 e. The molecule has 0 unspecified atom stereocenters. The van der Waals surface area contributed by atoms with Gasteiger partial charge in [0.05, 0.1) is 5.69 Å². The maximum absolute atomic E-state index is 6.11. The fourth-order valence-corrected chi connectivity index (χ4v) is 4.10. The van der Waals surface area contributed by atoms with Gasteiger partial charge in [0.15, 0.2) is 0 Å². The Kier molecular flexibility index (Phi) is 5.99. The van der Waals surface area contributed by atoms with E-state index in [1.54, 1.807) is 6.07 Å². The third-order valence-corrected chi connectivity index (χ3v) is 5.53. The van der Waals surface area contributed by atoms with Crippen molar-refractivity contribution in [2.24, 2.45) is 0 Å². The Morgan fingerprint density at radius 3 is 2.10 bits per heavy atom. The van der Waals surface area contributed by atoms with Gasteiger partial charge >= 0.3 is 0 Å². The number of hydrogen-bond acceptors (Lipinski definition) is 1. The van der Waals surface area contributed by atoms with Crippen molar-refractivity contribution in [3.05, 3.63) is 112 Å². The molecular formula is C26H21Cl2N. The summed E-state index contributed by atoms with van der Waals surface area (Å²) < 4.78 is 0. The summed E-state index contributed by atoms with van der Waals surface area (Å²) in [5, 5.41) is 1.35. The van der Waals surface area contributed by atoms with E-state index in [4.69, 9.17) is 28.2 Å². The van der Waals surface area contributed by atoms with E-state index in [1.807, 2.05) is 24.4 Å². The van der Waals surface area contributed by atoms with Gasteiger partial charge in [0, 0.05) is 21.8 Å². The molecule has 144 valence electrons. The summed E-state index contributed by atoms with van der Waals surface area (Å²) in [7, 11) is 0. The summed E-state index contributed by atoms with van der Waals surface area (Å²) in [6.45, 7) is 2.15. The number of benzene rings is 3. The molecule has 3 aromatic carbocycles. The van der Waals surface area contributed by atoms with Crippen molar-refractivity contribution in [2.75, 3.05) is 0 Å². The highest BCUT2D eigenvalue weighted by Gasteiger charge is 2.07. The van der Waals surface area contributed by atoms with Crippen LogP contribution in [0.1, 0.15) is 16.7 Å². The van der Waals surface area contributed by atoms with Crippen LogP contribution in [0, 0.1) is 6.92 Å². The lowest BCUT2D eigenvalue weighted by molar-refractivity contribution is 0.939. The zero-order chi connectivity index (χ0) is 20.2. The average molecular weight is 418 g/mol. The fraction of sp³-hybridized carbons (Fsp3) is 0.115. The van der Waals surface area contributed by atoms with Gasteiger partial charge in [-0.05, 0) is 77.9 Å². The minimum absolute atomic E-state index is 0.677. The number of rotatable bonds is 5. The lowest BCUT2D eigenvalue weighted by Gasteiger charge is -2.10. The second-order valence-electron chi connectivity index (χ2n) is 7.22. The second kappa shape index (κ2) is 8.82. The highest BCUT2D eigenvalue weighted by Crippen LogP contribution is 2.27. The molecule has 29 heavy (non-hydrogen) atoms. The Balaban J connectivity index is 1.54. The van der Waals surface area contributed by atoms with Crippen molar-refractivity contribution in [3.63, 3.8) is 0 Å². The van der Waals surface area contributed by atoms with Crippen LogP contribution < -0.4 is 0 Å². The molecule has 0 bridgehead atoms. The highest BCUT2D eigenvalue weighted by molar-refractivity contribution is 6.34. The van der Waals surface area contributed by atoms with Crippen LogP contribution in [-0.4, -0.2) is 4.98 Å². The lowest BCUT2D eigenvalue weighted by atomic mass is 9.98. The number of aromatic nitrogens is 1. The summed E-state index contributed by atoms with van der Waals surface area (Å²) >= 11 is 12.2. The van der Waals surface area contributed by atoms with Crippen molar-refractivity contribution in [1.29, 1.82) is 0 Å². The molecule has 4 aromatic rings. The summed E-state index contributed by atoms with van der Waals surface area (Å²) in [6, 6.07) is 26.8. The predicted molar refractivity (Wildman–Crippen MR) is 124 cm³/mol. The van der Waals surface area contributed by atoms with Crippen LogP contribution in [0.2, 0.25) is 10.0 Å². The molecule has 0 spiro atoms. The minimum atomic E-state index is 0.677. The molecule has 0 atom stereocenters. The highest BCUT2D eigenvalue weighted by atomic mass is 35.5. The first-order valence-corrected chi connectivity index (χ1v) is 10.4. The van der Waals surface area contributed by atoms with E-state index in [0.29, 0.717) is 10.0 Å². The summed E-state index contributed by atoms with van der Waals surface area (Å²) in [5.74, 6) is 0. The van der Waals surface area contributed by atoms with Gasteiger partial charge in [-0.3, -0.25) is 4.98 Å².